The SMILES string of the molecule is Cn1ccnc1C(=O)N1CCCC(N(CCN2CCCC2)C(=O)C2CCC2)C1. The number of amides is 2. The average Bonchev–Trinajstić information content (AvgIpc) is 3.32. The molecule has 1 aromatic rings. The second kappa shape index (κ2) is 8.64. The third kappa shape index (κ3) is 4.09. The van der Waals surface area contributed by atoms with Gasteiger partial charge in [-0.3, -0.25) is 9.59 Å². The maximum atomic E-state index is 13.2. The molecule has 1 aromatic heterocycles. The quantitative estimate of drug-likeness (QED) is 0.746. The number of hydrogen-bond acceptors (Lipinski definition) is 4. The Labute approximate surface area is 167 Å². The number of likely N-dealkylation sites (tertiary alicyclic amines) is 2. The minimum Gasteiger partial charge on any atom is -0.336 e. The van der Waals surface area contributed by atoms with Crippen LogP contribution in [0.15, 0.2) is 12.4 Å². The molecule has 1 aliphatic carbocycles. The molecular formula is C21H33N5O2. The molecule has 3 heterocycles. The van der Waals surface area contributed by atoms with E-state index in [1.165, 1.54) is 19.3 Å². The first kappa shape index (κ1) is 19.4. The Bertz CT molecular complexity index is 693. The van der Waals surface area contributed by atoms with Gasteiger partial charge in [0.05, 0.1) is 0 Å². The largest absolute Gasteiger partial charge is 0.336 e. The van der Waals surface area contributed by atoms with E-state index in [-0.39, 0.29) is 17.9 Å². The number of aryl methyl sites for hydroxylation is 1. The first-order chi connectivity index (χ1) is 13.6. The van der Waals surface area contributed by atoms with Crippen molar-refractivity contribution in [3.63, 3.8) is 0 Å². The summed E-state index contributed by atoms with van der Waals surface area (Å²) >= 11 is 0. The molecule has 4 rings (SSSR count). The maximum Gasteiger partial charge on any atom is 0.289 e. The Balaban J connectivity index is 1.44. The molecule has 28 heavy (non-hydrogen) atoms. The molecule has 1 saturated carbocycles. The Kier molecular flexibility index (Phi) is 5.99. The third-order valence-corrected chi connectivity index (χ3v) is 6.73. The first-order valence-corrected chi connectivity index (χ1v) is 10.9. The molecule has 2 amide bonds. The lowest BCUT2D eigenvalue weighted by Crippen LogP contribution is -2.55. The van der Waals surface area contributed by atoms with Gasteiger partial charge >= 0.3 is 0 Å². The van der Waals surface area contributed by atoms with Crippen molar-refractivity contribution in [2.75, 3.05) is 39.3 Å². The smallest absolute Gasteiger partial charge is 0.289 e. The van der Waals surface area contributed by atoms with Gasteiger partial charge in [-0.25, -0.2) is 4.98 Å². The van der Waals surface area contributed by atoms with Crippen LogP contribution in [0.1, 0.15) is 55.6 Å². The van der Waals surface area contributed by atoms with Gasteiger partial charge in [0.2, 0.25) is 5.91 Å². The van der Waals surface area contributed by atoms with E-state index in [1.807, 2.05) is 11.9 Å². The molecule has 7 heteroatoms. The number of hydrogen-bond donors (Lipinski definition) is 0. The predicted molar refractivity (Wildman–Crippen MR) is 107 cm³/mol. The molecule has 0 radical (unpaired) electrons. The van der Waals surface area contributed by atoms with Gasteiger partial charge in [0, 0.05) is 57.6 Å². The van der Waals surface area contributed by atoms with Crippen LogP contribution in [0.5, 0.6) is 0 Å². The summed E-state index contributed by atoms with van der Waals surface area (Å²) < 4.78 is 1.77. The lowest BCUT2D eigenvalue weighted by atomic mass is 9.83. The summed E-state index contributed by atoms with van der Waals surface area (Å²) in [6.07, 6.45) is 11.2. The van der Waals surface area contributed by atoms with Crippen LogP contribution in [0.4, 0.5) is 0 Å². The van der Waals surface area contributed by atoms with Gasteiger partial charge < -0.3 is 19.3 Å². The van der Waals surface area contributed by atoms with Gasteiger partial charge in [-0.15, -0.1) is 0 Å². The fraction of sp³-hybridized carbons (Fsp3) is 0.762. The molecule has 0 N–H and O–H groups in total. The summed E-state index contributed by atoms with van der Waals surface area (Å²) in [4.78, 5) is 36.8. The summed E-state index contributed by atoms with van der Waals surface area (Å²) in [5.74, 6) is 0.989. The molecule has 0 aromatic carbocycles. The number of imidazole rings is 1. The zero-order chi connectivity index (χ0) is 19.5. The Morgan fingerprint density at radius 2 is 1.89 bits per heavy atom. The number of rotatable bonds is 6. The van der Waals surface area contributed by atoms with E-state index >= 15 is 0 Å². The molecule has 0 spiro atoms. The Morgan fingerprint density at radius 3 is 2.54 bits per heavy atom. The van der Waals surface area contributed by atoms with Crippen LogP contribution in [-0.4, -0.2) is 81.4 Å². The van der Waals surface area contributed by atoms with Crippen molar-refractivity contribution in [1.29, 1.82) is 0 Å². The van der Waals surface area contributed by atoms with Gasteiger partial charge in [-0.2, -0.15) is 0 Å². The summed E-state index contributed by atoms with van der Waals surface area (Å²) in [6.45, 7) is 5.44. The fourth-order valence-corrected chi connectivity index (χ4v) is 4.72. The molecule has 2 saturated heterocycles. The molecule has 7 nitrogen and oxygen atoms in total. The van der Waals surface area contributed by atoms with E-state index < -0.39 is 0 Å². The normalized spacial score (nSPS) is 23.6. The second-order valence-electron chi connectivity index (χ2n) is 8.62. The van der Waals surface area contributed by atoms with Gasteiger partial charge in [-0.1, -0.05) is 6.42 Å². The Morgan fingerprint density at radius 1 is 1.11 bits per heavy atom. The van der Waals surface area contributed by atoms with E-state index in [1.54, 1.807) is 17.0 Å². The summed E-state index contributed by atoms with van der Waals surface area (Å²) in [7, 11) is 1.85. The zero-order valence-corrected chi connectivity index (χ0v) is 17.1. The van der Waals surface area contributed by atoms with E-state index in [2.05, 4.69) is 14.8 Å². The topological polar surface area (TPSA) is 61.7 Å². The fourth-order valence-electron chi connectivity index (χ4n) is 4.72. The van der Waals surface area contributed by atoms with Crippen LogP contribution in [0.25, 0.3) is 0 Å². The number of aromatic nitrogens is 2. The van der Waals surface area contributed by atoms with Gasteiger partial charge in [0.1, 0.15) is 0 Å². The summed E-state index contributed by atoms with van der Waals surface area (Å²) in [5.41, 5.74) is 0. The van der Waals surface area contributed by atoms with Crippen molar-refractivity contribution in [3.05, 3.63) is 18.2 Å². The Hall–Kier alpha value is -1.89. The van der Waals surface area contributed by atoms with E-state index in [0.717, 1.165) is 58.4 Å². The molecule has 1 unspecified atom stereocenters. The third-order valence-electron chi connectivity index (χ3n) is 6.73. The molecule has 3 aliphatic rings. The summed E-state index contributed by atoms with van der Waals surface area (Å²) in [6, 6.07) is 0.133. The second-order valence-corrected chi connectivity index (χ2v) is 8.62. The van der Waals surface area contributed by atoms with Gasteiger partial charge in [0.25, 0.3) is 5.91 Å². The summed E-state index contributed by atoms with van der Waals surface area (Å²) in [5, 5.41) is 0. The number of nitrogens with zero attached hydrogens (tertiary/aromatic N) is 5. The van der Waals surface area contributed by atoms with Crippen LogP contribution in [0.2, 0.25) is 0 Å². The zero-order valence-electron chi connectivity index (χ0n) is 17.1. The molecule has 154 valence electrons. The highest BCUT2D eigenvalue weighted by Crippen LogP contribution is 2.30. The highest BCUT2D eigenvalue weighted by atomic mass is 16.2. The molecule has 1 atom stereocenters. The van der Waals surface area contributed by atoms with E-state index in [4.69, 9.17) is 0 Å². The standard InChI is InChI=1S/C21H33N5O2/c1-23-13-9-22-19(23)21(28)25-12-5-8-18(16-25)26(20(27)17-6-4-7-17)15-14-24-10-2-3-11-24/h9,13,17-18H,2-8,10-12,14-16H2,1H3. The lowest BCUT2D eigenvalue weighted by molar-refractivity contribution is -0.141. The van der Waals surface area contributed by atoms with Crippen molar-refractivity contribution in [3.8, 4) is 0 Å². The molecule has 2 aliphatic heterocycles. The monoisotopic (exact) mass is 387 g/mol. The van der Waals surface area contributed by atoms with Crippen LogP contribution < -0.4 is 0 Å². The van der Waals surface area contributed by atoms with E-state index in [0.29, 0.717) is 18.3 Å². The van der Waals surface area contributed by atoms with Crippen molar-refractivity contribution in [2.24, 2.45) is 13.0 Å². The molecular weight excluding hydrogens is 354 g/mol. The lowest BCUT2D eigenvalue weighted by Gasteiger charge is -2.42. The number of carbonyl (C=O) groups excluding carboxylic acids is 2. The van der Waals surface area contributed by atoms with Crippen molar-refractivity contribution >= 4 is 11.8 Å². The van der Waals surface area contributed by atoms with E-state index in [9.17, 15) is 9.59 Å². The number of piperidine rings is 1. The molecule has 0 bridgehead atoms. The number of carbonyl (C=O) groups is 2. The van der Waals surface area contributed by atoms with Crippen LogP contribution in [-0.2, 0) is 11.8 Å². The van der Waals surface area contributed by atoms with Crippen LogP contribution in [0, 0.1) is 5.92 Å². The van der Waals surface area contributed by atoms with Crippen molar-refractivity contribution in [1.82, 2.24) is 24.3 Å². The highest BCUT2D eigenvalue weighted by Gasteiger charge is 2.36. The predicted octanol–water partition coefficient (Wildman–Crippen LogP) is 1.75. The highest BCUT2D eigenvalue weighted by molar-refractivity contribution is 5.91. The average molecular weight is 388 g/mol. The molecule has 3 fully saturated rings. The van der Waals surface area contributed by atoms with Crippen LogP contribution >= 0.6 is 0 Å². The minimum absolute atomic E-state index is 0.0206. The van der Waals surface area contributed by atoms with Crippen LogP contribution in [0.3, 0.4) is 0 Å². The van der Waals surface area contributed by atoms with Crippen molar-refractivity contribution in [2.45, 2.75) is 51.0 Å². The maximum absolute atomic E-state index is 13.2. The van der Waals surface area contributed by atoms with Gasteiger partial charge in [0.15, 0.2) is 5.82 Å². The van der Waals surface area contributed by atoms with Gasteiger partial charge in [-0.05, 0) is 51.6 Å². The first-order valence-electron chi connectivity index (χ1n) is 10.9. The minimum atomic E-state index is -0.0206. The van der Waals surface area contributed by atoms with Crippen molar-refractivity contribution < 1.29 is 9.59 Å².